The Morgan fingerprint density at radius 3 is 2.88 bits per heavy atom. The van der Waals surface area contributed by atoms with Gasteiger partial charge in [-0.1, -0.05) is 40.2 Å². The predicted octanol–water partition coefficient (Wildman–Crippen LogP) is 3.52. The van der Waals surface area contributed by atoms with Crippen LogP contribution in [-0.2, 0) is 6.42 Å². The third-order valence-corrected chi connectivity index (χ3v) is 2.57. The van der Waals surface area contributed by atoms with Gasteiger partial charge in [0.15, 0.2) is 0 Å². The lowest BCUT2D eigenvalue weighted by Crippen LogP contribution is -2.18. The molecule has 0 saturated heterocycles. The van der Waals surface area contributed by atoms with Crippen LogP contribution in [0, 0.1) is 0 Å². The molecule has 4 heteroatoms. The van der Waals surface area contributed by atoms with Crippen LogP contribution in [-0.4, -0.2) is 12.6 Å². The molecule has 0 heterocycles. The molecule has 2 N–H and O–H groups in total. The number of ether oxygens (including phenoxy) is 1. The van der Waals surface area contributed by atoms with Crippen LogP contribution in [0.5, 0.6) is 5.75 Å². The van der Waals surface area contributed by atoms with Crippen molar-refractivity contribution >= 4 is 27.5 Å². The normalized spacial score (nSPS) is 12.2. The number of hydrogen-bond acceptors (Lipinski definition) is 2. The number of halogens is 2. The molecule has 1 rings (SSSR count). The van der Waals surface area contributed by atoms with E-state index in [4.69, 9.17) is 22.1 Å². The standard InChI is InChI=1S/C12H15BrClNO/c1-8(13)7-16-12-5-3-4-11(14)10(12)6-9(2)15/h3-5,9H,1,6-7,15H2,2H3. The van der Waals surface area contributed by atoms with Crippen LogP contribution in [0.2, 0.25) is 5.02 Å². The van der Waals surface area contributed by atoms with Crippen LogP contribution < -0.4 is 10.5 Å². The quantitative estimate of drug-likeness (QED) is 0.903. The average Bonchev–Trinajstić information content (AvgIpc) is 2.18. The largest absolute Gasteiger partial charge is 0.488 e. The first-order chi connectivity index (χ1) is 7.50. The summed E-state index contributed by atoms with van der Waals surface area (Å²) in [4.78, 5) is 0. The number of rotatable bonds is 5. The Kier molecular flexibility index (Phi) is 5.32. The minimum atomic E-state index is 0.0504. The third kappa shape index (κ3) is 4.16. The zero-order chi connectivity index (χ0) is 12.1. The first-order valence-electron chi connectivity index (χ1n) is 4.99. The second kappa shape index (κ2) is 6.28. The van der Waals surface area contributed by atoms with Gasteiger partial charge in [0, 0.05) is 21.1 Å². The molecule has 88 valence electrons. The van der Waals surface area contributed by atoms with Gasteiger partial charge in [0.25, 0.3) is 0 Å². The summed E-state index contributed by atoms with van der Waals surface area (Å²) in [7, 11) is 0. The summed E-state index contributed by atoms with van der Waals surface area (Å²) in [5, 5.41) is 0.690. The summed E-state index contributed by atoms with van der Waals surface area (Å²) in [6.45, 7) is 6.08. The van der Waals surface area contributed by atoms with Crippen molar-refractivity contribution in [2.24, 2.45) is 5.73 Å². The maximum atomic E-state index is 6.12. The topological polar surface area (TPSA) is 35.2 Å². The third-order valence-electron chi connectivity index (χ3n) is 1.99. The smallest absolute Gasteiger partial charge is 0.124 e. The highest BCUT2D eigenvalue weighted by atomic mass is 79.9. The van der Waals surface area contributed by atoms with Crippen LogP contribution in [0.4, 0.5) is 0 Å². The molecule has 0 saturated carbocycles. The monoisotopic (exact) mass is 303 g/mol. The maximum Gasteiger partial charge on any atom is 0.124 e. The first-order valence-corrected chi connectivity index (χ1v) is 6.17. The van der Waals surface area contributed by atoms with Gasteiger partial charge in [-0.05, 0) is 25.5 Å². The molecular formula is C12H15BrClNO. The fourth-order valence-electron chi connectivity index (χ4n) is 1.35. The van der Waals surface area contributed by atoms with Crippen molar-refractivity contribution in [3.05, 3.63) is 39.8 Å². The van der Waals surface area contributed by atoms with Crippen molar-refractivity contribution in [3.8, 4) is 5.75 Å². The van der Waals surface area contributed by atoms with Gasteiger partial charge in [0.1, 0.15) is 12.4 Å². The summed E-state index contributed by atoms with van der Waals surface area (Å²) in [5.74, 6) is 0.769. The minimum Gasteiger partial charge on any atom is -0.488 e. The van der Waals surface area contributed by atoms with Crippen molar-refractivity contribution in [2.45, 2.75) is 19.4 Å². The molecule has 0 aliphatic heterocycles. The van der Waals surface area contributed by atoms with E-state index in [9.17, 15) is 0 Å². The van der Waals surface area contributed by atoms with E-state index in [1.165, 1.54) is 0 Å². The highest BCUT2D eigenvalue weighted by molar-refractivity contribution is 9.11. The zero-order valence-corrected chi connectivity index (χ0v) is 11.5. The molecule has 0 aromatic heterocycles. The van der Waals surface area contributed by atoms with Gasteiger partial charge in [0.2, 0.25) is 0 Å². The minimum absolute atomic E-state index is 0.0504. The fraction of sp³-hybridized carbons (Fsp3) is 0.333. The number of nitrogens with two attached hydrogens (primary N) is 1. The molecule has 16 heavy (non-hydrogen) atoms. The second-order valence-corrected chi connectivity index (χ2v) is 5.23. The SMILES string of the molecule is C=C(Br)COc1cccc(Cl)c1CC(C)N. The van der Waals surface area contributed by atoms with Crippen LogP contribution in [0.15, 0.2) is 29.3 Å². The van der Waals surface area contributed by atoms with E-state index in [1.807, 2.05) is 25.1 Å². The molecule has 0 radical (unpaired) electrons. The van der Waals surface area contributed by atoms with Gasteiger partial charge < -0.3 is 10.5 Å². The first kappa shape index (κ1) is 13.6. The van der Waals surface area contributed by atoms with Crippen molar-refractivity contribution in [3.63, 3.8) is 0 Å². The van der Waals surface area contributed by atoms with Gasteiger partial charge in [0.05, 0.1) is 0 Å². The summed E-state index contributed by atoms with van der Waals surface area (Å²) in [5.41, 5.74) is 6.73. The number of hydrogen-bond donors (Lipinski definition) is 1. The highest BCUT2D eigenvalue weighted by Gasteiger charge is 2.10. The van der Waals surface area contributed by atoms with Crippen LogP contribution in [0.1, 0.15) is 12.5 Å². The molecule has 0 aliphatic rings. The van der Waals surface area contributed by atoms with Gasteiger partial charge in [-0.2, -0.15) is 0 Å². The Hall–Kier alpha value is -0.510. The predicted molar refractivity (Wildman–Crippen MR) is 72.4 cm³/mol. The van der Waals surface area contributed by atoms with Crippen molar-refractivity contribution in [2.75, 3.05) is 6.61 Å². The lowest BCUT2D eigenvalue weighted by atomic mass is 10.1. The van der Waals surface area contributed by atoms with Crippen LogP contribution in [0.25, 0.3) is 0 Å². The van der Waals surface area contributed by atoms with E-state index >= 15 is 0 Å². The number of benzene rings is 1. The van der Waals surface area contributed by atoms with Gasteiger partial charge in [-0.15, -0.1) is 0 Å². The van der Waals surface area contributed by atoms with Crippen LogP contribution >= 0.6 is 27.5 Å². The van der Waals surface area contributed by atoms with E-state index in [0.29, 0.717) is 18.1 Å². The van der Waals surface area contributed by atoms with Crippen molar-refractivity contribution in [1.82, 2.24) is 0 Å². The Morgan fingerprint density at radius 2 is 2.31 bits per heavy atom. The van der Waals surface area contributed by atoms with Gasteiger partial charge in [-0.3, -0.25) is 0 Å². The molecule has 1 aromatic rings. The lowest BCUT2D eigenvalue weighted by molar-refractivity contribution is 0.356. The Labute approximate surface area is 110 Å². The van der Waals surface area contributed by atoms with Gasteiger partial charge >= 0.3 is 0 Å². The van der Waals surface area contributed by atoms with E-state index < -0.39 is 0 Å². The summed E-state index contributed by atoms with van der Waals surface area (Å²) < 4.78 is 6.38. The van der Waals surface area contributed by atoms with Crippen molar-refractivity contribution in [1.29, 1.82) is 0 Å². The van der Waals surface area contributed by atoms with E-state index in [0.717, 1.165) is 15.8 Å². The molecule has 0 aliphatic carbocycles. The summed E-state index contributed by atoms with van der Waals surface area (Å²) in [6.07, 6.45) is 0.698. The summed E-state index contributed by atoms with van der Waals surface area (Å²) >= 11 is 9.37. The van der Waals surface area contributed by atoms with E-state index in [-0.39, 0.29) is 6.04 Å². The second-order valence-electron chi connectivity index (χ2n) is 3.70. The molecule has 0 bridgehead atoms. The average molecular weight is 305 g/mol. The Balaban J connectivity index is 2.89. The molecule has 0 spiro atoms. The molecule has 0 fully saturated rings. The Bertz CT molecular complexity index is 379. The van der Waals surface area contributed by atoms with E-state index in [2.05, 4.69) is 22.5 Å². The highest BCUT2D eigenvalue weighted by Crippen LogP contribution is 2.28. The molecule has 1 unspecified atom stereocenters. The molecule has 0 amide bonds. The van der Waals surface area contributed by atoms with Crippen molar-refractivity contribution < 1.29 is 4.74 Å². The van der Waals surface area contributed by atoms with E-state index in [1.54, 1.807) is 0 Å². The van der Waals surface area contributed by atoms with Crippen LogP contribution in [0.3, 0.4) is 0 Å². The Morgan fingerprint density at radius 1 is 1.62 bits per heavy atom. The fourth-order valence-corrected chi connectivity index (χ4v) is 1.71. The maximum absolute atomic E-state index is 6.12. The van der Waals surface area contributed by atoms with Gasteiger partial charge in [-0.25, -0.2) is 0 Å². The molecule has 1 aromatic carbocycles. The molecule has 2 nitrogen and oxygen atoms in total. The molecular weight excluding hydrogens is 289 g/mol. The lowest BCUT2D eigenvalue weighted by Gasteiger charge is -2.14. The summed E-state index contributed by atoms with van der Waals surface area (Å²) in [6, 6.07) is 5.64. The molecule has 1 atom stereocenters. The zero-order valence-electron chi connectivity index (χ0n) is 9.17.